The average Bonchev–Trinajstić information content (AvgIpc) is 2.31. The summed E-state index contributed by atoms with van der Waals surface area (Å²) < 4.78 is 23.6. The van der Waals surface area contributed by atoms with Gasteiger partial charge in [0.25, 0.3) is 5.91 Å². The first kappa shape index (κ1) is 14.6. The van der Waals surface area contributed by atoms with Crippen LogP contribution in [0, 0.1) is 3.57 Å². The topological polar surface area (TPSA) is 74.7 Å². The number of nitrogens with zero attached hydrogens (tertiary/aromatic N) is 1. The fourth-order valence-corrected chi connectivity index (χ4v) is 4.00. The molecule has 104 valence electrons. The number of phenolic OH excluding ortho intramolecular Hbond substituents is 1. The summed E-state index contributed by atoms with van der Waals surface area (Å²) in [6.07, 6.45) is 0. The van der Waals surface area contributed by atoms with Gasteiger partial charge in [0.2, 0.25) is 0 Å². The predicted molar refractivity (Wildman–Crippen MR) is 80.0 cm³/mol. The summed E-state index contributed by atoms with van der Waals surface area (Å²) in [6.45, 7) is 1.93. The second-order valence-corrected chi connectivity index (χ2v) is 8.02. The lowest BCUT2D eigenvalue weighted by atomic mass is 10.1. The molecule has 0 bridgehead atoms. The fourth-order valence-electron chi connectivity index (χ4n) is 2.11. The zero-order valence-electron chi connectivity index (χ0n) is 10.3. The molecule has 2 rings (SSSR count). The van der Waals surface area contributed by atoms with Crippen molar-refractivity contribution in [3.63, 3.8) is 0 Å². The third-order valence-electron chi connectivity index (χ3n) is 3.12. The van der Waals surface area contributed by atoms with Gasteiger partial charge < -0.3 is 10.0 Å². The van der Waals surface area contributed by atoms with Gasteiger partial charge in [-0.3, -0.25) is 4.79 Å². The molecule has 1 heterocycles. The van der Waals surface area contributed by atoms with Crippen LogP contribution in [0.2, 0.25) is 0 Å². The van der Waals surface area contributed by atoms with Gasteiger partial charge in [-0.05, 0) is 47.7 Å². The summed E-state index contributed by atoms with van der Waals surface area (Å²) in [4.78, 5) is 13.8. The van der Waals surface area contributed by atoms with Crippen molar-refractivity contribution >= 4 is 38.3 Å². The van der Waals surface area contributed by atoms with Gasteiger partial charge in [-0.1, -0.05) is 0 Å². The van der Waals surface area contributed by atoms with Crippen LogP contribution in [0.3, 0.4) is 0 Å². The number of benzene rings is 1. The summed E-state index contributed by atoms with van der Waals surface area (Å²) in [5, 5.41) is 9.62. The molecule has 1 fully saturated rings. The maximum atomic E-state index is 12.3. The molecule has 0 saturated carbocycles. The van der Waals surface area contributed by atoms with E-state index >= 15 is 0 Å². The maximum absolute atomic E-state index is 12.3. The van der Waals surface area contributed by atoms with Gasteiger partial charge >= 0.3 is 0 Å². The minimum absolute atomic E-state index is 0.000565. The quantitative estimate of drug-likeness (QED) is 0.727. The Morgan fingerprint density at radius 2 is 2.16 bits per heavy atom. The van der Waals surface area contributed by atoms with E-state index in [1.54, 1.807) is 24.0 Å². The van der Waals surface area contributed by atoms with Crippen molar-refractivity contribution in [2.24, 2.45) is 0 Å². The first-order chi connectivity index (χ1) is 8.80. The lowest BCUT2D eigenvalue weighted by Crippen LogP contribution is -2.49. The number of carbonyl (C=O) groups excluding carboxylic acids is 1. The van der Waals surface area contributed by atoms with Crippen LogP contribution in [0.25, 0.3) is 0 Å². The lowest BCUT2D eigenvalue weighted by Gasteiger charge is -2.33. The van der Waals surface area contributed by atoms with Crippen LogP contribution >= 0.6 is 22.6 Å². The van der Waals surface area contributed by atoms with Gasteiger partial charge in [-0.2, -0.15) is 0 Å². The highest BCUT2D eigenvalue weighted by Gasteiger charge is 2.31. The van der Waals surface area contributed by atoms with Crippen LogP contribution in [0.15, 0.2) is 18.2 Å². The Morgan fingerprint density at radius 3 is 2.74 bits per heavy atom. The molecule has 1 aromatic carbocycles. The lowest BCUT2D eigenvalue weighted by molar-refractivity contribution is 0.0712. The molecule has 1 unspecified atom stereocenters. The Hall–Kier alpha value is -0.830. The van der Waals surface area contributed by atoms with Gasteiger partial charge in [-0.15, -0.1) is 0 Å². The van der Waals surface area contributed by atoms with Gasteiger partial charge in [0.15, 0.2) is 9.84 Å². The number of aromatic hydroxyl groups is 1. The van der Waals surface area contributed by atoms with Crippen molar-refractivity contribution in [1.82, 2.24) is 4.90 Å². The van der Waals surface area contributed by atoms with E-state index in [2.05, 4.69) is 0 Å². The molecule has 5 nitrogen and oxygen atoms in total. The Morgan fingerprint density at radius 1 is 1.47 bits per heavy atom. The molecule has 0 aromatic heterocycles. The van der Waals surface area contributed by atoms with Crippen LogP contribution in [0.1, 0.15) is 17.3 Å². The smallest absolute Gasteiger partial charge is 0.254 e. The fraction of sp³-hybridized carbons (Fsp3) is 0.417. The molecule has 1 aliphatic heterocycles. The summed E-state index contributed by atoms with van der Waals surface area (Å²) >= 11 is 1.97. The number of sulfone groups is 1. The van der Waals surface area contributed by atoms with Crippen LogP contribution < -0.4 is 0 Å². The number of amides is 1. The minimum atomic E-state index is -3.04. The van der Waals surface area contributed by atoms with E-state index in [-0.39, 0.29) is 35.7 Å². The number of hydrogen-bond acceptors (Lipinski definition) is 4. The second-order valence-electron chi connectivity index (χ2n) is 4.63. The molecule has 19 heavy (non-hydrogen) atoms. The van der Waals surface area contributed by atoms with Crippen LogP contribution in [-0.2, 0) is 9.84 Å². The van der Waals surface area contributed by atoms with E-state index in [1.807, 2.05) is 22.6 Å². The van der Waals surface area contributed by atoms with Crippen molar-refractivity contribution in [3.8, 4) is 5.75 Å². The first-order valence-electron chi connectivity index (χ1n) is 5.80. The molecule has 0 radical (unpaired) electrons. The molecule has 0 spiro atoms. The molecule has 1 saturated heterocycles. The summed E-state index contributed by atoms with van der Waals surface area (Å²) in [5.41, 5.74) is 0.379. The standard InChI is InChI=1S/C12H14INO4S/c1-8-7-19(17,18)5-4-14(8)12(16)9-2-3-10(13)11(15)6-9/h2-3,6,8,15H,4-5,7H2,1H3. The van der Waals surface area contributed by atoms with Crippen molar-refractivity contribution in [1.29, 1.82) is 0 Å². The molecule has 1 aliphatic rings. The zero-order chi connectivity index (χ0) is 14.2. The van der Waals surface area contributed by atoms with Gasteiger partial charge in [0, 0.05) is 18.2 Å². The Balaban J connectivity index is 2.22. The van der Waals surface area contributed by atoms with Crippen LogP contribution in [-0.4, -0.2) is 48.4 Å². The monoisotopic (exact) mass is 395 g/mol. The van der Waals surface area contributed by atoms with E-state index in [1.165, 1.54) is 6.07 Å². The summed E-state index contributed by atoms with van der Waals surface area (Å²) in [6, 6.07) is 4.38. The highest BCUT2D eigenvalue weighted by atomic mass is 127. The van der Waals surface area contributed by atoms with Gasteiger partial charge in [0.1, 0.15) is 5.75 Å². The third-order valence-corrected chi connectivity index (χ3v) is 5.83. The molecule has 1 atom stereocenters. The average molecular weight is 395 g/mol. The summed E-state index contributed by atoms with van der Waals surface area (Å²) in [7, 11) is -3.04. The number of halogens is 1. The van der Waals surface area contributed by atoms with Crippen molar-refractivity contribution in [3.05, 3.63) is 27.3 Å². The molecule has 1 amide bonds. The Bertz CT molecular complexity index is 614. The largest absolute Gasteiger partial charge is 0.507 e. The number of hydrogen-bond donors (Lipinski definition) is 1. The normalized spacial score (nSPS) is 22.2. The molecule has 0 aliphatic carbocycles. The zero-order valence-corrected chi connectivity index (χ0v) is 13.3. The van der Waals surface area contributed by atoms with Crippen LogP contribution in [0.5, 0.6) is 5.75 Å². The number of carbonyl (C=O) groups is 1. The molecule has 1 N–H and O–H groups in total. The summed E-state index contributed by atoms with van der Waals surface area (Å²) in [5.74, 6) is -0.188. The molecular formula is C12H14INO4S. The van der Waals surface area contributed by atoms with E-state index < -0.39 is 9.84 Å². The van der Waals surface area contributed by atoms with Crippen LogP contribution in [0.4, 0.5) is 0 Å². The first-order valence-corrected chi connectivity index (χ1v) is 8.70. The van der Waals surface area contributed by atoms with E-state index in [4.69, 9.17) is 0 Å². The molecular weight excluding hydrogens is 381 g/mol. The van der Waals surface area contributed by atoms with Crippen molar-refractivity contribution in [2.45, 2.75) is 13.0 Å². The number of rotatable bonds is 1. The van der Waals surface area contributed by atoms with Gasteiger partial charge in [-0.25, -0.2) is 8.42 Å². The van der Waals surface area contributed by atoms with Crippen molar-refractivity contribution < 1.29 is 18.3 Å². The maximum Gasteiger partial charge on any atom is 0.254 e. The molecule has 1 aromatic rings. The van der Waals surface area contributed by atoms with E-state index in [0.717, 1.165) is 0 Å². The minimum Gasteiger partial charge on any atom is -0.507 e. The Labute approximate surface area is 125 Å². The van der Waals surface area contributed by atoms with E-state index in [0.29, 0.717) is 9.13 Å². The highest BCUT2D eigenvalue weighted by molar-refractivity contribution is 14.1. The van der Waals surface area contributed by atoms with Crippen molar-refractivity contribution in [2.75, 3.05) is 18.1 Å². The van der Waals surface area contributed by atoms with Gasteiger partial charge in [0.05, 0.1) is 15.1 Å². The SMILES string of the molecule is CC1CS(=O)(=O)CCN1C(=O)c1ccc(I)c(O)c1. The Kier molecular flexibility index (Phi) is 4.05. The van der Waals surface area contributed by atoms with E-state index in [9.17, 15) is 18.3 Å². The number of phenols is 1. The third kappa shape index (κ3) is 3.19. The highest BCUT2D eigenvalue weighted by Crippen LogP contribution is 2.22. The molecule has 7 heteroatoms. The second kappa shape index (κ2) is 5.28. The predicted octanol–water partition coefficient (Wildman–Crippen LogP) is 1.26.